The maximum atomic E-state index is 14.0. The molecular weight excluding hydrogens is 355 g/mol. The lowest BCUT2D eigenvalue weighted by Crippen LogP contribution is -2.36. The molecule has 1 aliphatic heterocycles. The fraction of sp³-hybridized carbons (Fsp3) is 0.300. The maximum Gasteiger partial charge on any atom is 0.264 e. The summed E-state index contributed by atoms with van der Waals surface area (Å²) in [5.74, 6) is -0.770. The largest absolute Gasteiger partial charge is 0.382 e. The summed E-state index contributed by atoms with van der Waals surface area (Å²) in [5.41, 5.74) is 3.85. The molecule has 0 saturated heterocycles. The van der Waals surface area contributed by atoms with E-state index in [0.717, 1.165) is 11.1 Å². The molecular formula is C20H20ClFN2O2. The number of halogens is 2. The highest BCUT2D eigenvalue weighted by Gasteiger charge is 2.32. The molecule has 0 aliphatic carbocycles. The first-order valence-electron chi connectivity index (χ1n) is 8.41. The topological polar surface area (TPSA) is 50.7 Å². The van der Waals surface area contributed by atoms with Crippen LogP contribution >= 0.6 is 11.6 Å². The van der Waals surface area contributed by atoms with E-state index in [1.807, 2.05) is 32.9 Å². The highest BCUT2D eigenvalue weighted by molar-refractivity contribution is 6.34. The average molecular weight is 375 g/mol. The molecule has 1 N–H and O–H groups in total. The van der Waals surface area contributed by atoms with Crippen LogP contribution in [0.25, 0.3) is 0 Å². The molecule has 2 aromatic rings. The lowest BCUT2D eigenvalue weighted by atomic mass is 9.99. The van der Waals surface area contributed by atoms with Crippen LogP contribution in [0.4, 0.5) is 4.39 Å². The van der Waals surface area contributed by atoms with Gasteiger partial charge < -0.3 is 10.2 Å². The number of benzene rings is 2. The molecule has 0 saturated carbocycles. The molecule has 1 aliphatic rings. The average Bonchev–Trinajstić information content (AvgIpc) is 3.04. The Labute approximate surface area is 157 Å². The van der Waals surface area contributed by atoms with Crippen LogP contribution in [0.5, 0.6) is 0 Å². The van der Waals surface area contributed by atoms with Gasteiger partial charge >= 0.3 is 0 Å². The Balaban J connectivity index is 1.67. The van der Waals surface area contributed by atoms with Gasteiger partial charge in [0.15, 0.2) is 0 Å². The third-order valence-corrected chi connectivity index (χ3v) is 4.78. The number of oxime groups is 1. The Morgan fingerprint density at radius 2 is 2.12 bits per heavy atom. The van der Waals surface area contributed by atoms with E-state index in [1.165, 1.54) is 17.7 Å². The van der Waals surface area contributed by atoms with Gasteiger partial charge in [0.25, 0.3) is 5.91 Å². The van der Waals surface area contributed by atoms with Crippen molar-refractivity contribution in [2.75, 3.05) is 0 Å². The maximum absolute atomic E-state index is 14.0. The molecule has 6 heteroatoms. The Hall–Kier alpha value is -2.40. The number of rotatable bonds is 4. The molecule has 4 nitrogen and oxygen atoms in total. The molecule has 2 aromatic carbocycles. The monoisotopic (exact) mass is 374 g/mol. The summed E-state index contributed by atoms with van der Waals surface area (Å²) in [6, 6.07) is 10.3. The normalized spacial score (nSPS) is 17.4. The summed E-state index contributed by atoms with van der Waals surface area (Å²) in [6.07, 6.45) is -0.625. The number of nitrogens with one attached hydrogen (secondary N) is 1. The minimum Gasteiger partial charge on any atom is -0.382 e. The highest BCUT2D eigenvalue weighted by Crippen LogP contribution is 2.26. The van der Waals surface area contributed by atoms with Crippen LogP contribution in [-0.2, 0) is 9.63 Å². The summed E-state index contributed by atoms with van der Waals surface area (Å²) in [5, 5.41) is 7.05. The van der Waals surface area contributed by atoms with Gasteiger partial charge in [0.2, 0.25) is 6.10 Å². The number of hydrogen-bond donors (Lipinski definition) is 1. The summed E-state index contributed by atoms with van der Waals surface area (Å²) < 4.78 is 14.0. The predicted octanol–water partition coefficient (Wildman–Crippen LogP) is 4.47. The zero-order valence-electron chi connectivity index (χ0n) is 14.8. The molecule has 2 atom stereocenters. The molecule has 0 spiro atoms. The van der Waals surface area contributed by atoms with Gasteiger partial charge in [-0.1, -0.05) is 46.6 Å². The smallest absolute Gasteiger partial charge is 0.264 e. The van der Waals surface area contributed by atoms with Gasteiger partial charge in [-0.2, -0.15) is 0 Å². The minimum absolute atomic E-state index is 0.173. The number of amides is 1. The Morgan fingerprint density at radius 1 is 1.35 bits per heavy atom. The molecule has 2 unspecified atom stereocenters. The van der Waals surface area contributed by atoms with Gasteiger partial charge in [0.1, 0.15) is 5.82 Å². The van der Waals surface area contributed by atoms with E-state index < -0.39 is 11.9 Å². The van der Waals surface area contributed by atoms with Crippen molar-refractivity contribution in [1.29, 1.82) is 0 Å². The Bertz CT molecular complexity index is 862. The van der Waals surface area contributed by atoms with Gasteiger partial charge in [-0.05, 0) is 44.0 Å². The number of hydrogen-bond acceptors (Lipinski definition) is 3. The second-order valence-corrected chi connectivity index (χ2v) is 6.93. The zero-order chi connectivity index (χ0) is 18.8. The molecule has 0 radical (unpaired) electrons. The van der Waals surface area contributed by atoms with E-state index in [9.17, 15) is 9.18 Å². The third kappa shape index (κ3) is 3.73. The van der Waals surface area contributed by atoms with E-state index in [4.69, 9.17) is 16.4 Å². The summed E-state index contributed by atoms with van der Waals surface area (Å²) in [7, 11) is 0. The predicted molar refractivity (Wildman–Crippen MR) is 99.9 cm³/mol. The van der Waals surface area contributed by atoms with Crippen LogP contribution in [-0.4, -0.2) is 17.7 Å². The summed E-state index contributed by atoms with van der Waals surface area (Å²) in [6.45, 7) is 5.96. The van der Waals surface area contributed by atoms with E-state index in [-0.39, 0.29) is 29.0 Å². The number of aryl methyl sites for hydroxylation is 2. The van der Waals surface area contributed by atoms with Gasteiger partial charge in [-0.3, -0.25) is 4.79 Å². The molecule has 3 rings (SSSR count). The standard InChI is InChI=1S/C20H20ClFN2O2/c1-11-7-8-14(12(2)9-11)13(3)23-20(25)18-10-17(24-26-18)19-15(21)5-4-6-16(19)22/h4-9,13,18H,10H2,1-3H3,(H,23,25). The van der Waals surface area contributed by atoms with Gasteiger partial charge in [0, 0.05) is 6.42 Å². The van der Waals surface area contributed by atoms with Crippen LogP contribution in [0.2, 0.25) is 5.02 Å². The molecule has 26 heavy (non-hydrogen) atoms. The molecule has 0 fully saturated rings. The quantitative estimate of drug-likeness (QED) is 0.858. The molecule has 1 amide bonds. The van der Waals surface area contributed by atoms with E-state index in [2.05, 4.69) is 16.5 Å². The van der Waals surface area contributed by atoms with Crippen molar-refractivity contribution in [3.8, 4) is 0 Å². The first kappa shape index (κ1) is 18.4. The van der Waals surface area contributed by atoms with Crippen molar-refractivity contribution in [3.63, 3.8) is 0 Å². The summed E-state index contributed by atoms with van der Waals surface area (Å²) >= 11 is 6.05. The lowest BCUT2D eigenvalue weighted by Gasteiger charge is -2.18. The number of carbonyl (C=O) groups is 1. The van der Waals surface area contributed by atoms with Crippen molar-refractivity contribution >= 4 is 23.2 Å². The van der Waals surface area contributed by atoms with Crippen LogP contribution in [0.1, 0.15) is 41.6 Å². The van der Waals surface area contributed by atoms with Crippen LogP contribution in [0, 0.1) is 19.7 Å². The van der Waals surface area contributed by atoms with Gasteiger partial charge in [-0.25, -0.2) is 4.39 Å². The molecule has 136 valence electrons. The van der Waals surface area contributed by atoms with Gasteiger partial charge in [-0.15, -0.1) is 0 Å². The Kier molecular flexibility index (Phi) is 5.28. The van der Waals surface area contributed by atoms with Crippen molar-refractivity contribution in [2.45, 2.75) is 39.3 Å². The number of carbonyl (C=O) groups excluding carboxylic acids is 1. The third-order valence-electron chi connectivity index (χ3n) is 4.46. The van der Waals surface area contributed by atoms with Crippen LogP contribution < -0.4 is 5.32 Å². The van der Waals surface area contributed by atoms with Crippen molar-refractivity contribution < 1.29 is 14.0 Å². The summed E-state index contributed by atoms with van der Waals surface area (Å²) in [4.78, 5) is 17.7. The minimum atomic E-state index is -0.797. The molecule has 0 bridgehead atoms. The Morgan fingerprint density at radius 3 is 2.81 bits per heavy atom. The van der Waals surface area contributed by atoms with Crippen molar-refractivity contribution in [2.24, 2.45) is 5.16 Å². The lowest BCUT2D eigenvalue weighted by molar-refractivity contribution is -0.131. The first-order valence-corrected chi connectivity index (χ1v) is 8.79. The van der Waals surface area contributed by atoms with E-state index >= 15 is 0 Å². The van der Waals surface area contributed by atoms with Crippen molar-refractivity contribution in [1.82, 2.24) is 5.32 Å². The van der Waals surface area contributed by atoms with Crippen molar-refractivity contribution in [3.05, 3.63) is 69.5 Å². The molecule has 0 aromatic heterocycles. The second-order valence-electron chi connectivity index (χ2n) is 6.52. The molecule has 1 heterocycles. The number of nitrogens with zero attached hydrogens (tertiary/aromatic N) is 1. The van der Waals surface area contributed by atoms with E-state index in [1.54, 1.807) is 6.07 Å². The fourth-order valence-electron chi connectivity index (χ4n) is 3.13. The van der Waals surface area contributed by atoms with Crippen LogP contribution in [0.15, 0.2) is 41.6 Å². The fourth-order valence-corrected chi connectivity index (χ4v) is 3.41. The zero-order valence-corrected chi connectivity index (χ0v) is 15.6. The van der Waals surface area contributed by atoms with Gasteiger partial charge in [0.05, 0.1) is 22.3 Å². The van der Waals surface area contributed by atoms with Crippen LogP contribution in [0.3, 0.4) is 0 Å². The SMILES string of the molecule is Cc1ccc(C(C)NC(=O)C2CC(c3c(F)cccc3Cl)=NO2)c(C)c1. The first-order chi connectivity index (χ1) is 12.4. The second kappa shape index (κ2) is 7.46. The van der Waals surface area contributed by atoms with E-state index in [0.29, 0.717) is 5.71 Å². The highest BCUT2D eigenvalue weighted by atomic mass is 35.5.